The minimum atomic E-state index is -2.86. The van der Waals surface area contributed by atoms with Crippen molar-refractivity contribution >= 4 is 36.0 Å². The molecule has 0 aromatic heterocycles. The van der Waals surface area contributed by atoms with Crippen molar-refractivity contribution in [3.8, 4) is 0 Å². The molecule has 0 bridgehead atoms. The molecule has 3 fully saturated rings. The predicted octanol–water partition coefficient (Wildman–Crippen LogP) is 1.59. The summed E-state index contributed by atoms with van der Waals surface area (Å²) in [5.41, 5.74) is 0.704. The number of carbonyl (C=O) groups excluding carboxylic acids is 4. The van der Waals surface area contributed by atoms with Crippen molar-refractivity contribution in [1.82, 2.24) is 25.8 Å². The summed E-state index contributed by atoms with van der Waals surface area (Å²) in [6.07, 6.45) is 0.293. The monoisotopic (exact) mass is 573 g/mol. The van der Waals surface area contributed by atoms with E-state index in [9.17, 15) is 32.3 Å². The minimum Gasteiger partial charge on any atom is -0.350 e. The van der Waals surface area contributed by atoms with Crippen molar-refractivity contribution < 1.29 is 32.3 Å². The number of alkyl halides is 2. The van der Waals surface area contributed by atoms with E-state index in [2.05, 4.69) is 16.0 Å². The zero-order valence-electron chi connectivity index (χ0n) is 21.9. The number of rotatable bonds is 7. The van der Waals surface area contributed by atoms with Crippen molar-refractivity contribution in [2.45, 2.75) is 75.7 Å². The molecule has 3 N–H and O–H groups in total. The van der Waals surface area contributed by atoms with E-state index in [1.807, 2.05) is 0 Å². The van der Waals surface area contributed by atoms with Gasteiger partial charge in [0, 0.05) is 44.4 Å². The van der Waals surface area contributed by atoms with Gasteiger partial charge in [0.05, 0.1) is 6.04 Å². The van der Waals surface area contributed by atoms with E-state index < -0.39 is 60.5 Å². The average Bonchev–Trinajstić information content (AvgIpc) is 3.29. The van der Waals surface area contributed by atoms with Gasteiger partial charge in [-0.25, -0.2) is 13.2 Å². The molecule has 216 valence electrons. The zero-order valence-corrected chi connectivity index (χ0v) is 22.7. The van der Waals surface area contributed by atoms with Gasteiger partial charge in [0.2, 0.25) is 29.6 Å². The summed E-state index contributed by atoms with van der Waals surface area (Å²) in [4.78, 5) is 55.5. The van der Waals surface area contributed by atoms with Gasteiger partial charge >= 0.3 is 0 Å². The molecule has 1 aliphatic carbocycles. The summed E-state index contributed by atoms with van der Waals surface area (Å²) >= 11 is 0. The summed E-state index contributed by atoms with van der Waals surface area (Å²) in [5, 5.41) is 8.30. The number of amides is 4. The van der Waals surface area contributed by atoms with Crippen LogP contribution in [0.1, 0.15) is 44.6 Å². The largest absolute Gasteiger partial charge is 0.350 e. The van der Waals surface area contributed by atoms with Gasteiger partial charge in [-0.3, -0.25) is 19.2 Å². The van der Waals surface area contributed by atoms with Gasteiger partial charge in [-0.05, 0) is 50.9 Å². The standard InChI is InChI=1S/C26H34F3N5O4.ClH/c1-15(30-2)22(35)32-20-14-33(24(37)17-11-26(28,29)12-17)10-9-19-7-8-21(34(19)25(20)38)23(36)31-13-16-3-5-18(27)6-4-16;/h3-6,15,17,19-21,30H,7-14H2,1-2H3,(H,31,36)(H,32,35);1H/t15-,19+,20-,21-;/m0./s1. The number of nitrogens with one attached hydrogen (secondary N) is 3. The van der Waals surface area contributed by atoms with E-state index in [1.165, 1.54) is 21.9 Å². The number of hydrogen-bond acceptors (Lipinski definition) is 5. The van der Waals surface area contributed by atoms with Crippen molar-refractivity contribution in [3.05, 3.63) is 35.6 Å². The third-order valence-corrected chi connectivity index (χ3v) is 7.77. The van der Waals surface area contributed by atoms with Gasteiger partial charge in [0.15, 0.2) is 0 Å². The maximum Gasteiger partial charge on any atom is 0.249 e. The number of benzene rings is 1. The smallest absolute Gasteiger partial charge is 0.249 e. The summed E-state index contributed by atoms with van der Waals surface area (Å²) in [7, 11) is 1.59. The van der Waals surface area contributed by atoms with E-state index in [0.717, 1.165) is 0 Å². The molecule has 2 saturated heterocycles. The van der Waals surface area contributed by atoms with E-state index in [1.54, 1.807) is 26.1 Å². The number of halogens is 4. The first kappa shape index (κ1) is 30.7. The topological polar surface area (TPSA) is 111 Å². The Bertz CT molecular complexity index is 1070. The quantitative estimate of drug-likeness (QED) is 0.459. The lowest BCUT2D eigenvalue weighted by atomic mass is 9.80. The molecule has 2 heterocycles. The number of fused-ring (bicyclic) bond motifs is 1. The molecule has 0 radical (unpaired) electrons. The number of nitrogens with zero attached hydrogens (tertiary/aromatic N) is 2. The minimum absolute atomic E-state index is 0. The molecule has 4 rings (SSSR count). The zero-order chi connectivity index (χ0) is 27.6. The van der Waals surface area contributed by atoms with Crippen LogP contribution in [-0.2, 0) is 25.7 Å². The summed E-state index contributed by atoms with van der Waals surface area (Å²) in [6.45, 7) is 1.85. The lowest BCUT2D eigenvalue weighted by Crippen LogP contribution is -2.63. The van der Waals surface area contributed by atoms with Crippen molar-refractivity contribution in [2.24, 2.45) is 5.92 Å². The lowest BCUT2D eigenvalue weighted by Gasteiger charge is -2.42. The lowest BCUT2D eigenvalue weighted by molar-refractivity contribution is -0.162. The first-order valence-electron chi connectivity index (χ1n) is 13.0. The van der Waals surface area contributed by atoms with Gasteiger partial charge in [0.1, 0.15) is 17.9 Å². The highest BCUT2D eigenvalue weighted by atomic mass is 35.5. The Kier molecular flexibility index (Phi) is 9.87. The molecule has 1 aromatic rings. The van der Waals surface area contributed by atoms with Gasteiger partial charge in [-0.1, -0.05) is 12.1 Å². The van der Waals surface area contributed by atoms with Crippen LogP contribution < -0.4 is 16.0 Å². The van der Waals surface area contributed by atoms with E-state index in [0.29, 0.717) is 24.8 Å². The molecule has 1 aromatic carbocycles. The highest BCUT2D eigenvalue weighted by Gasteiger charge is 2.51. The number of hydrogen-bond donors (Lipinski definition) is 3. The molecule has 2 aliphatic heterocycles. The average molecular weight is 574 g/mol. The van der Waals surface area contributed by atoms with Crippen molar-refractivity contribution in [2.75, 3.05) is 20.1 Å². The van der Waals surface area contributed by atoms with Crippen LogP contribution in [0.15, 0.2) is 24.3 Å². The molecular formula is C26H35ClF3N5O4. The third-order valence-electron chi connectivity index (χ3n) is 7.77. The Morgan fingerprint density at radius 1 is 1.10 bits per heavy atom. The van der Waals surface area contributed by atoms with Crippen molar-refractivity contribution in [3.63, 3.8) is 0 Å². The summed E-state index contributed by atoms with van der Waals surface area (Å²) in [5.74, 6) is -5.79. The SMILES string of the molecule is CN[C@@H](C)C(=O)N[C@H]1CN(C(=O)C2CC(F)(F)C2)CC[C@H]2CC[C@@H](C(=O)NCc3ccc(F)cc3)N2C1=O.Cl. The van der Waals surface area contributed by atoms with Gasteiger partial charge in [-0.2, -0.15) is 0 Å². The molecule has 0 unspecified atom stereocenters. The molecule has 9 nitrogen and oxygen atoms in total. The Balaban J connectivity index is 0.00000420. The number of likely N-dealkylation sites (N-methyl/N-ethyl adjacent to an activating group) is 1. The van der Waals surface area contributed by atoms with Crippen LogP contribution in [-0.4, -0.2) is 83.7 Å². The summed E-state index contributed by atoms with van der Waals surface area (Å²) in [6, 6.07) is 2.87. The fourth-order valence-corrected chi connectivity index (χ4v) is 5.37. The predicted molar refractivity (Wildman–Crippen MR) is 138 cm³/mol. The second-order valence-electron chi connectivity index (χ2n) is 10.4. The second kappa shape index (κ2) is 12.5. The maximum absolute atomic E-state index is 13.8. The molecular weight excluding hydrogens is 539 g/mol. The van der Waals surface area contributed by atoms with Crippen LogP contribution >= 0.6 is 12.4 Å². The normalized spacial score (nSPS) is 25.4. The van der Waals surface area contributed by atoms with Crippen LogP contribution in [0.25, 0.3) is 0 Å². The molecule has 4 atom stereocenters. The van der Waals surface area contributed by atoms with Gasteiger partial charge in [0.25, 0.3) is 0 Å². The molecule has 39 heavy (non-hydrogen) atoms. The van der Waals surface area contributed by atoms with Crippen LogP contribution in [0, 0.1) is 11.7 Å². The first-order valence-corrected chi connectivity index (χ1v) is 13.0. The van der Waals surface area contributed by atoms with Crippen LogP contribution in [0.5, 0.6) is 0 Å². The molecule has 4 amide bonds. The van der Waals surface area contributed by atoms with Crippen LogP contribution in [0.2, 0.25) is 0 Å². The van der Waals surface area contributed by atoms with E-state index in [4.69, 9.17) is 0 Å². The highest BCUT2D eigenvalue weighted by molar-refractivity contribution is 5.94. The highest BCUT2D eigenvalue weighted by Crippen LogP contribution is 2.43. The van der Waals surface area contributed by atoms with E-state index >= 15 is 0 Å². The Morgan fingerprint density at radius 2 is 1.77 bits per heavy atom. The Labute approximate surface area is 231 Å². The van der Waals surface area contributed by atoms with Crippen LogP contribution in [0.3, 0.4) is 0 Å². The van der Waals surface area contributed by atoms with Gasteiger partial charge < -0.3 is 25.8 Å². The van der Waals surface area contributed by atoms with Crippen molar-refractivity contribution in [1.29, 1.82) is 0 Å². The Morgan fingerprint density at radius 3 is 2.38 bits per heavy atom. The fraction of sp³-hybridized carbons (Fsp3) is 0.615. The summed E-state index contributed by atoms with van der Waals surface area (Å²) < 4.78 is 40.1. The first-order chi connectivity index (χ1) is 18.0. The molecule has 3 aliphatic rings. The fourth-order valence-electron chi connectivity index (χ4n) is 5.37. The Hall–Kier alpha value is -2.86. The third kappa shape index (κ3) is 7.02. The molecule has 1 saturated carbocycles. The van der Waals surface area contributed by atoms with Gasteiger partial charge in [-0.15, -0.1) is 12.4 Å². The second-order valence-corrected chi connectivity index (χ2v) is 10.4. The van der Waals surface area contributed by atoms with E-state index in [-0.39, 0.29) is 49.8 Å². The molecule has 0 spiro atoms. The maximum atomic E-state index is 13.8. The molecule has 13 heteroatoms. The van der Waals surface area contributed by atoms with Crippen LogP contribution in [0.4, 0.5) is 13.2 Å². The number of carbonyl (C=O) groups is 4.